The van der Waals surface area contributed by atoms with Gasteiger partial charge in [0, 0.05) is 15.7 Å². The summed E-state index contributed by atoms with van der Waals surface area (Å²) in [5, 5.41) is 3.99. The van der Waals surface area contributed by atoms with Crippen LogP contribution in [0, 0.1) is 0 Å². The van der Waals surface area contributed by atoms with Gasteiger partial charge in [0.1, 0.15) is 5.75 Å². The summed E-state index contributed by atoms with van der Waals surface area (Å²) in [5.41, 5.74) is 2.10. The molecule has 0 fully saturated rings. The summed E-state index contributed by atoms with van der Waals surface area (Å²) in [6.45, 7) is 3.99. The number of benzene rings is 1. The fourth-order valence-corrected chi connectivity index (χ4v) is 3.08. The van der Waals surface area contributed by atoms with Crippen LogP contribution in [-0.4, -0.2) is 18.1 Å². The molecule has 1 N–H and O–H groups in total. The number of nitrogens with zero attached hydrogens (tertiary/aromatic N) is 1. The molecule has 1 atom stereocenters. The second kappa shape index (κ2) is 7.25. The Balaban J connectivity index is 2.36. The van der Waals surface area contributed by atoms with Gasteiger partial charge in [0.25, 0.3) is 0 Å². The minimum Gasteiger partial charge on any atom is -0.489 e. The van der Waals surface area contributed by atoms with E-state index in [-0.39, 0.29) is 12.1 Å². The number of hydrogen-bond donors (Lipinski definition) is 1. The molecule has 2 rings (SSSR count). The van der Waals surface area contributed by atoms with Gasteiger partial charge in [-0.3, -0.25) is 4.98 Å². The molecule has 1 aromatic heterocycles. The molecule has 1 unspecified atom stereocenters. The molecule has 0 aliphatic rings. The lowest BCUT2D eigenvalue weighted by molar-refractivity contribution is 0.241. The van der Waals surface area contributed by atoms with E-state index in [1.807, 2.05) is 51.4 Å². The first-order valence-corrected chi connectivity index (χ1v) is 7.91. The lowest BCUT2D eigenvalue weighted by Gasteiger charge is -2.19. The van der Waals surface area contributed by atoms with E-state index in [0.717, 1.165) is 21.3 Å². The normalized spacial score (nSPS) is 12.5. The Labute approximate surface area is 138 Å². The summed E-state index contributed by atoms with van der Waals surface area (Å²) in [7, 11) is 1.91. The molecule has 0 saturated carbocycles. The molecule has 0 aliphatic heterocycles. The zero-order valence-corrected chi connectivity index (χ0v) is 14.6. The maximum Gasteiger partial charge on any atom is 0.138 e. The van der Waals surface area contributed by atoms with E-state index in [2.05, 4.69) is 26.2 Å². The van der Waals surface area contributed by atoms with Crippen molar-refractivity contribution in [1.82, 2.24) is 10.3 Å². The van der Waals surface area contributed by atoms with Gasteiger partial charge in [-0.05, 0) is 56.3 Å². The quantitative estimate of drug-likeness (QED) is 0.837. The van der Waals surface area contributed by atoms with Gasteiger partial charge in [-0.1, -0.05) is 27.5 Å². The molecular weight excluding hydrogens is 352 g/mol. The van der Waals surface area contributed by atoms with E-state index < -0.39 is 0 Å². The first kappa shape index (κ1) is 16.3. The van der Waals surface area contributed by atoms with E-state index in [1.54, 1.807) is 6.20 Å². The predicted octanol–water partition coefficient (Wildman–Crippen LogP) is 4.59. The monoisotopic (exact) mass is 368 g/mol. The average molecular weight is 370 g/mol. The minimum atomic E-state index is 0.00297. The lowest BCUT2D eigenvalue weighted by atomic mass is 10.0. The molecule has 3 nitrogen and oxygen atoms in total. The van der Waals surface area contributed by atoms with Gasteiger partial charge >= 0.3 is 0 Å². The summed E-state index contributed by atoms with van der Waals surface area (Å²) in [6, 6.07) is 7.87. The predicted molar refractivity (Wildman–Crippen MR) is 90.1 cm³/mol. The Morgan fingerprint density at radius 3 is 2.52 bits per heavy atom. The highest BCUT2D eigenvalue weighted by molar-refractivity contribution is 9.10. The van der Waals surface area contributed by atoms with Crippen LogP contribution in [0.2, 0.25) is 5.02 Å². The van der Waals surface area contributed by atoms with Crippen molar-refractivity contribution in [2.24, 2.45) is 0 Å². The first-order chi connectivity index (χ1) is 9.99. The molecule has 0 saturated heterocycles. The molecule has 112 valence electrons. The van der Waals surface area contributed by atoms with Crippen molar-refractivity contribution in [2.45, 2.75) is 26.0 Å². The van der Waals surface area contributed by atoms with E-state index in [9.17, 15) is 0 Å². The topological polar surface area (TPSA) is 34.2 Å². The minimum absolute atomic E-state index is 0.00297. The van der Waals surface area contributed by atoms with Crippen molar-refractivity contribution in [3.8, 4) is 5.75 Å². The number of nitrogens with one attached hydrogen (secondary N) is 1. The largest absolute Gasteiger partial charge is 0.489 e. The van der Waals surface area contributed by atoms with Crippen LogP contribution >= 0.6 is 27.5 Å². The van der Waals surface area contributed by atoms with Crippen LogP contribution in [-0.2, 0) is 0 Å². The molecular formula is C16H18BrClN2O. The van der Waals surface area contributed by atoms with Crippen LogP contribution < -0.4 is 10.1 Å². The van der Waals surface area contributed by atoms with E-state index >= 15 is 0 Å². The Kier molecular flexibility index (Phi) is 5.62. The lowest BCUT2D eigenvalue weighted by Crippen LogP contribution is -2.18. The molecule has 0 amide bonds. The fourth-order valence-electron chi connectivity index (χ4n) is 2.20. The second-order valence-electron chi connectivity index (χ2n) is 5.05. The van der Waals surface area contributed by atoms with Gasteiger partial charge in [0.2, 0.25) is 0 Å². The van der Waals surface area contributed by atoms with Crippen LogP contribution in [0.3, 0.4) is 0 Å². The van der Waals surface area contributed by atoms with Crippen LogP contribution in [0.1, 0.15) is 31.0 Å². The standard InChI is InChI=1S/C16H18BrClN2O/c1-10(2)21-15-6-12(8-20-9-15)16(19-3)11-4-13(17)7-14(18)5-11/h4-10,16,19H,1-3H3. The highest BCUT2D eigenvalue weighted by atomic mass is 79.9. The van der Waals surface area contributed by atoms with E-state index in [0.29, 0.717) is 5.02 Å². The molecule has 2 aromatic rings. The smallest absolute Gasteiger partial charge is 0.138 e. The van der Waals surface area contributed by atoms with Gasteiger partial charge in [0.15, 0.2) is 0 Å². The van der Waals surface area contributed by atoms with Gasteiger partial charge in [-0.25, -0.2) is 0 Å². The third kappa shape index (κ3) is 4.43. The zero-order chi connectivity index (χ0) is 15.4. The summed E-state index contributed by atoms with van der Waals surface area (Å²) in [5.74, 6) is 0.767. The van der Waals surface area contributed by atoms with Crippen molar-refractivity contribution in [1.29, 1.82) is 0 Å². The molecule has 1 aromatic carbocycles. The SMILES string of the molecule is CNC(c1cc(Cl)cc(Br)c1)c1cncc(OC(C)C)c1. The van der Waals surface area contributed by atoms with Gasteiger partial charge in [-0.2, -0.15) is 0 Å². The summed E-state index contributed by atoms with van der Waals surface area (Å²) >= 11 is 9.62. The third-order valence-corrected chi connectivity index (χ3v) is 3.62. The first-order valence-electron chi connectivity index (χ1n) is 6.74. The van der Waals surface area contributed by atoms with E-state index in [4.69, 9.17) is 16.3 Å². The van der Waals surface area contributed by atoms with Gasteiger partial charge in [-0.15, -0.1) is 0 Å². The van der Waals surface area contributed by atoms with Crippen molar-refractivity contribution < 1.29 is 4.74 Å². The number of halogens is 2. The van der Waals surface area contributed by atoms with Gasteiger partial charge in [0.05, 0.1) is 18.3 Å². The molecule has 0 bridgehead atoms. The Hall–Kier alpha value is -1.10. The molecule has 5 heteroatoms. The summed E-state index contributed by atoms with van der Waals surface area (Å²) in [6.07, 6.45) is 3.68. The Morgan fingerprint density at radius 2 is 1.90 bits per heavy atom. The van der Waals surface area contributed by atoms with Crippen LogP contribution in [0.25, 0.3) is 0 Å². The fraction of sp³-hybridized carbons (Fsp3) is 0.312. The Bertz CT molecular complexity index is 599. The highest BCUT2D eigenvalue weighted by Crippen LogP contribution is 2.29. The van der Waals surface area contributed by atoms with Crippen molar-refractivity contribution in [2.75, 3.05) is 7.05 Å². The molecule has 0 spiro atoms. The molecule has 21 heavy (non-hydrogen) atoms. The van der Waals surface area contributed by atoms with Crippen LogP contribution in [0.5, 0.6) is 5.75 Å². The third-order valence-electron chi connectivity index (χ3n) is 2.95. The second-order valence-corrected chi connectivity index (χ2v) is 6.40. The average Bonchev–Trinajstić information content (AvgIpc) is 2.38. The summed E-state index contributed by atoms with van der Waals surface area (Å²) in [4.78, 5) is 4.27. The Morgan fingerprint density at radius 1 is 1.14 bits per heavy atom. The van der Waals surface area contributed by atoms with Crippen molar-refractivity contribution in [3.05, 3.63) is 57.3 Å². The van der Waals surface area contributed by atoms with Crippen LogP contribution in [0.15, 0.2) is 41.1 Å². The van der Waals surface area contributed by atoms with Crippen molar-refractivity contribution in [3.63, 3.8) is 0 Å². The van der Waals surface area contributed by atoms with Gasteiger partial charge < -0.3 is 10.1 Å². The van der Waals surface area contributed by atoms with E-state index in [1.165, 1.54) is 0 Å². The number of aromatic nitrogens is 1. The highest BCUT2D eigenvalue weighted by Gasteiger charge is 2.15. The molecule has 1 heterocycles. The molecule has 0 radical (unpaired) electrons. The summed E-state index contributed by atoms with van der Waals surface area (Å²) < 4.78 is 6.66. The maximum absolute atomic E-state index is 6.14. The number of pyridine rings is 1. The zero-order valence-electron chi connectivity index (χ0n) is 12.2. The van der Waals surface area contributed by atoms with Crippen molar-refractivity contribution >= 4 is 27.5 Å². The number of ether oxygens (including phenoxy) is 1. The molecule has 0 aliphatic carbocycles. The van der Waals surface area contributed by atoms with Crippen LogP contribution in [0.4, 0.5) is 0 Å². The number of hydrogen-bond acceptors (Lipinski definition) is 3. The number of rotatable bonds is 5. The maximum atomic E-state index is 6.14.